The van der Waals surface area contributed by atoms with Crippen LogP contribution in [0.5, 0.6) is 0 Å². The van der Waals surface area contributed by atoms with Gasteiger partial charge in [0.15, 0.2) is 0 Å². The summed E-state index contributed by atoms with van der Waals surface area (Å²) in [5.74, 6) is -1.19. The fraction of sp³-hybridized carbons (Fsp3) is 0.0625. The van der Waals surface area contributed by atoms with Crippen LogP contribution in [0.4, 0.5) is 14.5 Å². The molecule has 5 heteroatoms. The Kier molecular flexibility index (Phi) is 4.85. The Morgan fingerprint density at radius 2 is 1.95 bits per heavy atom. The van der Waals surface area contributed by atoms with Crippen LogP contribution in [0, 0.1) is 18.6 Å². The third kappa shape index (κ3) is 4.23. The molecule has 0 aliphatic carbocycles. The monoisotopic (exact) mass is 351 g/mol. The molecule has 0 unspecified atom stereocenters. The molecule has 0 fully saturated rings. The molecule has 1 amide bonds. The van der Waals surface area contributed by atoms with Gasteiger partial charge in [-0.3, -0.25) is 4.79 Å². The highest BCUT2D eigenvalue weighted by Crippen LogP contribution is 2.18. The normalized spacial score (nSPS) is 10.9. The van der Waals surface area contributed by atoms with Crippen LogP contribution in [0.25, 0.3) is 6.08 Å². The van der Waals surface area contributed by atoms with Crippen LogP contribution in [-0.2, 0) is 4.79 Å². The van der Waals surface area contributed by atoms with Gasteiger partial charge in [-0.05, 0) is 55.0 Å². The van der Waals surface area contributed by atoms with E-state index in [0.717, 1.165) is 4.47 Å². The number of anilines is 1. The molecule has 0 atom stereocenters. The molecule has 2 aromatic carbocycles. The van der Waals surface area contributed by atoms with E-state index in [9.17, 15) is 13.6 Å². The molecule has 2 nitrogen and oxygen atoms in total. The maximum absolute atomic E-state index is 13.5. The van der Waals surface area contributed by atoms with Crippen molar-refractivity contribution in [3.63, 3.8) is 0 Å². The van der Waals surface area contributed by atoms with Crippen molar-refractivity contribution in [2.75, 3.05) is 5.32 Å². The number of carbonyl (C=O) groups excluding carboxylic acids is 1. The van der Waals surface area contributed by atoms with Gasteiger partial charge in [0.25, 0.3) is 0 Å². The highest BCUT2D eigenvalue weighted by molar-refractivity contribution is 9.10. The highest BCUT2D eigenvalue weighted by atomic mass is 79.9. The van der Waals surface area contributed by atoms with Crippen LogP contribution in [0.15, 0.2) is 46.9 Å². The van der Waals surface area contributed by atoms with Gasteiger partial charge in [-0.25, -0.2) is 8.78 Å². The molecule has 2 aromatic rings. The summed E-state index contributed by atoms with van der Waals surface area (Å²) in [6, 6.07) is 8.53. The molecule has 0 saturated heterocycles. The maximum atomic E-state index is 13.5. The van der Waals surface area contributed by atoms with Gasteiger partial charge >= 0.3 is 0 Å². The summed E-state index contributed by atoms with van der Waals surface area (Å²) in [4.78, 5) is 11.8. The molecule has 0 heterocycles. The first kappa shape index (κ1) is 15.4. The average molecular weight is 352 g/mol. The largest absolute Gasteiger partial charge is 0.322 e. The van der Waals surface area contributed by atoms with Crippen LogP contribution in [0.2, 0.25) is 0 Å². The summed E-state index contributed by atoms with van der Waals surface area (Å²) in [7, 11) is 0. The number of halogens is 3. The Morgan fingerprint density at radius 1 is 1.19 bits per heavy atom. The first-order chi connectivity index (χ1) is 9.95. The first-order valence-electron chi connectivity index (χ1n) is 6.16. The number of hydrogen-bond acceptors (Lipinski definition) is 1. The molecule has 0 aromatic heterocycles. The molecule has 21 heavy (non-hydrogen) atoms. The Hall–Kier alpha value is -2.01. The minimum atomic E-state index is -0.416. The van der Waals surface area contributed by atoms with Gasteiger partial charge < -0.3 is 5.32 Å². The predicted molar refractivity (Wildman–Crippen MR) is 82.9 cm³/mol. The van der Waals surface area contributed by atoms with E-state index in [0.29, 0.717) is 16.8 Å². The number of rotatable bonds is 3. The van der Waals surface area contributed by atoms with E-state index in [-0.39, 0.29) is 5.82 Å². The van der Waals surface area contributed by atoms with Crippen LogP contribution in [-0.4, -0.2) is 5.91 Å². The number of nitrogens with one attached hydrogen (secondary N) is 1. The topological polar surface area (TPSA) is 29.1 Å². The summed E-state index contributed by atoms with van der Waals surface area (Å²) in [5.41, 5.74) is 1.43. The standard InChI is InChI=1S/C16H12BrF2NO/c1-10-8-13(18)4-6-15(10)20-16(21)7-2-11-9-12(17)3-5-14(11)19/h2-9H,1H3,(H,20,21)/b7-2+. The van der Waals surface area contributed by atoms with Crippen molar-refractivity contribution in [1.82, 2.24) is 0 Å². The second-order valence-electron chi connectivity index (χ2n) is 4.45. The summed E-state index contributed by atoms with van der Waals surface area (Å²) < 4.78 is 27.2. The van der Waals surface area contributed by atoms with Crippen molar-refractivity contribution < 1.29 is 13.6 Å². The van der Waals surface area contributed by atoms with Crippen molar-refractivity contribution in [2.24, 2.45) is 0 Å². The van der Waals surface area contributed by atoms with Gasteiger partial charge in [0, 0.05) is 21.8 Å². The molecular weight excluding hydrogens is 340 g/mol. The minimum absolute atomic E-state index is 0.301. The number of hydrogen-bond donors (Lipinski definition) is 1. The zero-order chi connectivity index (χ0) is 15.4. The highest BCUT2D eigenvalue weighted by Gasteiger charge is 2.04. The lowest BCUT2D eigenvalue weighted by Gasteiger charge is -2.06. The third-order valence-electron chi connectivity index (χ3n) is 2.82. The van der Waals surface area contributed by atoms with E-state index in [1.165, 1.54) is 36.4 Å². The van der Waals surface area contributed by atoms with Crippen molar-refractivity contribution >= 4 is 33.6 Å². The van der Waals surface area contributed by atoms with Gasteiger partial charge in [0.1, 0.15) is 11.6 Å². The van der Waals surface area contributed by atoms with Crippen molar-refractivity contribution in [3.8, 4) is 0 Å². The van der Waals surface area contributed by atoms with Crippen molar-refractivity contribution in [2.45, 2.75) is 6.92 Å². The zero-order valence-corrected chi connectivity index (χ0v) is 12.7. The second kappa shape index (κ2) is 6.63. The van der Waals surface area contributed by atoms with Gasteiger partial charge in [-0.2, -0.15) is 0 Å². The molecule has 0 saturated carbocycles. The molecule has 0 aliphatic heterocycles. The lowest BCUT2D eigenvalue weighted by atomic mass is 10.2. The molecule has 108 valence electrons. The Morgan fingerprint density at radius 3 is 2.67 bits per heavy atom. The Labute approximate surface area is 129 Å². The quantitative estimate of drug-likeness (QED) is 0.798. The van der Waals surface area contributed by atoms with E-state index in [1.807, 2.05) is 0 Å². The van der Waals surface area contributed by atoms with Crippen LogP contribution in [0.3, 0.4) is 0 Å². The van der Waals surface area contributed by atoms with Gasteiger partial charge in [0.05, 0.1) is 0 Å². The first-order valence-corrected chi connectivity index (χ1v) is 6.95. The van der Waals surface area contributed by atoms with Crippen molar-refractivity contribution in [1.29, 1.82) is 0 Å². The molecule has 1 N–H and O–H groups in total. The maximum Gasteiger partial charge on any atom is 0.248 e. The van der Waals surface area contributed by atoms with E-state index in [1.54, 1.807) is 19.1 Å². The number of carbonyl (C=O) groups is 1. The fourth-order valence-corrected chi connectivity index (χ4v) is 2.13. The summed E-state index contributed by atoms with van der Waals surface area (Å²) in [6.45, 7) is 1.69. The second-order valence-corrected chi connectivity index (χ2v) is 5.36. The molecule has 2 rings (SSSR count). The smallest absolute Gasteiger partial charge is 0.248 e. The number of aryl methyl sites for hydroxylation is 1. The average Bonchev–Trinajstić information content (AvgIpc) is 2.43. The van der Waals surface area contributed by atoms with Crippen LogP contribution >= 0.6 is 15.9 Å². The van der Waals surface area contributed by atoms with Gasteiger partial charge in [-0.15, -0.1) is 0 Å². The summed E-state index contributed by atoms with van der Waals surface area (Å²) in [6.07, 6.45) is 2.61. The predicted octanol–water partition coefficient (Wildman–Crippen LogP) is 4.69. The van der Waals surface area contributed by atoms with Crippen molar-refractivity contribution in [3.05, 3.63) is 69.7 Å². The lowest BCUT2D eigenvalue weighted by molar-refractivity contribution is -0.111. The van der Waals surface area contributed by atoms with E-state index in [4.69, 9.17) is 0 Å². The van der Waals surface area contributed by atoms with Crippen LogP contribution in [0.1, 0.15) is 11.1 Å². The molecule has 0 spiro atoms. The van der Waals surface area contributed by atoms with Gasteiger partial charge in [-0.1, -0.05) is 15.9 Å². The molecule has 0 radical (unpaired) electrons. The van der Waals surface area contributed by atoms with E-state index < -0.39 is 11.7 Å². The SMILES string of the molecule is Cc1cc(F)ccc1NC(=O)/C=C/c1cc(Br)ccc1F. The zero-order valence-electron chi connectivity index (χ0n) is 11.2. The molecule has 0 aliphatic rings. The number of benzene rings is 2. The van der Waals surface area contributed by atoms with E-state index >= 15 is 0 Å². The van der Waals surface area contributed by atoms with Gasteiger partial charge in [0.2, 0.25) is 5.91 Å². The molecule has 0 bridgehead atoms. The van der Waals surface area contributed by atoms with E-state index in [2.05, 4.69) is 21.2 Å². The summed E-state index contributed by atoms with van der Waals surface area (Å²) >= 11 is 3.24. The Balaban J connectivity index is 2.11. The Bertz CT molecular complexity index is 713. The third-order valence-corrected chi connectivity index (χ3v) is 3.31. The summed E-state index contributed by atoms with van der Waals surface area (Å²) in [5, 5.41) is 2.62. The molecular formula is C16H12BrF2NO. The van der Waals surface area contributed by atoms with Crippen LogP contribution < -0.4 is 5.32 Å². The minimum Gasteiger partial charge on any atom is -0.322 e. The number of amides is 1. The fourth-order valence-electron chi connectivity index (χ4n) is 1.75. The lowest BCUT2D eigenvalue weighted by Crippen LogP contribution is -2.09.